The summed E-state index contributed by atoms with van der Waals surface area (Å²) in [7, 11) is 0. The van der Waals surface area contributed by atoms with Crippen LogP contribution in [0, 0.1) is 0 Å². The van der Waals surface area contributed by atoms with Gasteiger partial charge in [-0.3, -0.25) is 4.79 Å². The zero-order chi connectivity index (χ0) is 13.8. The van der Waals surface area contributed by atoms with Crippen molar-refractivity contribution >= 4 is 33.5 Å². The molecule has 0 atom stereocenters. The molecule has 2 aromatic rings. The summed E-state index contributed by atoms with van der Waals surface area (Å²) >= 11 is 4.77. The minimum absolute atomic E-state index is 0.0933. The lowest BCUT2D eigenvalue weighted by molar-refractivity contribution is 0.102. The first-order valence-corrected chi connectivity index (χ1v) is 7.67. The van der Waals surface area contributed by atoms with Gasteiger partial charge < -0.3 is 4.57 Å². The molecule has 0 fully saturated rings. The first-order chi connectivity index (χ1) is 9.08. The van der Waals surface area contributed by atoms with Crippen molar-refractivity contribution in [1.82, 2.24) is 14.8 Å². The molecule has 1 heterocycles. The molecule has 19 heavy (non-hydrogen) atoms. The monoisotopic (exact) mass is 339 g/mol. The number of Topliss-reactive ketones (excluding diaryl/α,β-unsaturated/α-hetero) is 1. The molecule has 0 saturated carbocycles. The summed E-state index contributed by atoms with van der Waals surface area (Å²) in [6.45, 7) is 4.12. The van der Waals surface area contributed by atoms with E-state index in [1.54, 1.807) is 6.33 Å². The van der Waals surface area contributed by atoms with Gasteiger partial charge in [0.25, 0.3) is 0 Å². The summed E-state index contributed by atoms with van der Waals surface area (Å²) in [5, 5.41) is 8.69. The van der Waals surface area contributed by atoms with E-state index >= 15 is 0 Å². The van der Waals surface area contributed by atoms with Crippen LogP contribution in [0.15, 0.2) is 40.2 Å². The van der Waals surface area contributed by atoms with Crippen molar-refractivity contribution in [3.05, 3.63) is 40.6 Å². The van der Waals surface area contributed by atoms with E-state index in [1.807, 2.05) is 28.8 Å². The van der Waals surface area contributed by atoms with Crippen LogP contribution < -0.4 is 0 Å². The third-order valence-corrected chi connectivity index (χ3v) is 4.08. The Morgan fingerprint density at radius 3 is 2.68 bits per heavy atom. The van der Waals surface area contributed by atoms with Gasteiger partial charge in [0.05, 0.1) is 5.75 Å². The van der Waals surface area contributed by atoms with E-state index in [0.717, 1.165) is 9.63 Å². The van der Waals surface area contributed by atoms with Crippen molar-refractivity contribution in [1.29, 1.82) is 0 Å². The first kappa shape index (κ1) is 14.3. The zero-order valence-electron chi connectivity index (χ0n) is 10.7. The number of carbonyl (C=O) groups is 1. The SMILES string of the molecule is CC(C)n1cnnc1SCC(=O)c1ccc(Br)cc1. The lowest BCUT2D eigenvalue weighted by Gasteiger charge is -2.08. The van der Waals surface area contributed by atoms with E-state index in [1.165, 1.54) is 11.8 Å². The predicted octanol–water partition coefficient (Wildman–Crippen LogP) is 3.60. The Balaban J connectivity index is 2.00. The molecule has 0 N–H and O–H groups in total. The normalized spacial score (nSPS) is 10.9. The summed E-state index contributed by atoms with van der Waals surface area (Å²) < 4.78 is 2.93. The van der Waals surface area contributed by atoms with E-state index in [4.69, 9.17) is 0 Å². The number of halogens is 1. The topological polar surface area (TPSA) is 47.8 Å². The fourth-order valence-electron chi connectivity index (χ4n) is 1.54. The first-order valence-electron chi connectivity index (χ1n) is 5.89. The zero-order valence-corrected chi connectivity index (χ0v) is 13.1. The molecule has 0 bridgehead atoms. The quantitative estimate of drug-likeness (QED) is 0.616. The molecule has 0 radical (unpaired) electrons. The highest BCUT2D eigenvalue weighted by atomic mass is 79.9. The van der Waals surface area contributed by atoms with E-state index in [-0.39, 0.29) is 5.78 Å². The average Bonchev–Trinajstić information content (AvgIpc) is 2.85. The van der Waals surface area contributed by atoms with Gasteiger partial charge in [-0.05, 0) is 26.0 Å². The van der Waals surface area contributed by atoms with Crippen molar-refractivity contribution in [2.24, 2.45) is 0 Å². The van der Waals surface area contributed by atoms with Gasteiger partial charge in [0.15, 0.2) is 10.9 Å². The second-order valence-electron chi connectivity index (χ2n) is 4.33. The van der Waals surface area contributed by atoms with Gasteiger partial charge >= 0.3 is 0 Å². The highest BCUT2D eigenvalue weighted by Crippen LogP contribution is 2.20. The van der Waals surface area contributed by atoms with Crippen LogP contribution in [0.5, 0.6) is 0 Å². The highest BCUT2D eigenvalue weighted by Gasteiger charge is 2.11. The van der Waals surface area contributed by atoms with E-state index < -0.39 is 0 Å². The molecule has 0 aliphatic carbocycles. The molecule has 0 saturated heterocycles. The lowest BCUT2D eigenvalue weighted by Crippen LogP contribution is -2.05. The number of ketones is 1. The molecule has 0 aliphatic rings. The molecule has 0 amide bonds. The van der Waals surface area contributed by atoms with Crippen LogP contribution in [0.4, 0.5) is 0 Å². The van der Waals surface area contributed by atoms with Crippen molar-refractivity contribution < 1.29 is 4.79 Å². The van der Waals surface area contributed by atoms with Gasteiger partial charge in [-0.15, -0.1) is 10.2 Å². The van der Waals surface area contributed by atoms with E-state index in [9.17, 15) is 4.79 Å². The second-order valence-corrected chi connectivity index (χ2v) is 6.19. The molecular weight excluding hydrogens is 326 g/mol. The summed E-state index contributed by atoms with van der Waals surface area (Å²) in [6.07, 6.45) is 1.69. The van der Waals surface area contributed by atoms with Crippen molar-refractivity contribution in [3.8, 4) is 0 Å². The Bertz CT molecular complexity index is 566. The van der Waals surface area contributed by atoms with Gasteiger partial charge in [-0.1, -0.05) is 39.8 Å². The standard InChI is InChI=1S/C13H14BrN3OS/c1-9(2)17-8-15-16-13(17)19-7-12(18)10-3-5-11(14)6-4-10/h3-6,8-9H,7H2,1-2H3. The molecule has 6 heteroatoms. The molecule has 1 aromatic carbocycles. The molecule has 100 valence electrons. The molecule has 0 aliphatic heterocycles. The number of thioether (sulfide) groups is 1. The average molecular weight is 340 g/mol. The van der Waals surface area contributed by atoms with Crippen molar-refractivity contribution in [3.63, 3.8) is 0 Å². The summed E-state index contributed by atoms with van der Waals surface area (Å²) in [6, 6.07) is 7.67. The van der Waals surface area contributed by atoms with Crippen LogP contribution in [0.1, 0.15) is 30.2 Å². The lowest BCUT2D eigenvalue weighted by atomic mass is 10.2. The Kier molecular flexibility index (Phi) is 4.76. The molecule has 0 spiro atoms. The van der Waals surface area contributed by atoms with Gasteiger partial charge in [-0.2, -0.15) is 0 Å². The fraction of sp³-hybridized carbons (Fsp3) is 0.308. The van der Waals surface area contributed by atoms with Crippen LogP contribution in [0.2, 0.25) is 0 Å². The number of nitrogens with zero attached hydrogens (tertiary/aromatic N) is 3. The van der Waals surface area contributed by atoms with Crippen LogP contribution in [0.25, 0.3) is 0 Å². The molecule has 2 rings (SSSR count). The third-order valence-electron chi connectivity index (χ3n) is 2.60. The molecule has 0 unspecified atom stereocenters. The maximum absolute atomic E-state index is 12.0. The van der Waals surface area contributed by atoms with Gasteiger partial charge in [0.2, 0.25) is 0 Å². The minimum Gasteiger partial charge on any atom is -0.306 e. The number of rotatable bonds is 5. The van der Waals surface area contributed by atoms with Crippen LogP contribution in [-0.2, 0) is 0 Å². The van der Waals surface area contributed by atoms with Crippen molar-refractivity contribution in [2.75, 3.05) is 5.75 Å². The highest BCUT2D eigenvalue weighted by molar-refractivity contribution is 9.10. The van der Waals surface area contributed by atoms with Crippen LogP contribution in [0.3, 0.4) is 0 Å². The second kappa shape index (κ2) is 6.34. The number of benzene rings is 1. The number of aromatic nitrogens is 3. The molecule has 4 nitrogen and oxygen atoms in total. The van der Waals surface area contributed by atoms with Gasteiger partial charge in [-0.25, -0.2) is 0 Å². The summed E-state index contributed by atoms with van der Waals surface area (Å²) in [4.78, 5) is 12.0. The maximum atomic E-state index is 12.0. The maximum Gasteiger partial charge on any atom is 0.191 e. The molecule has 1 aromatic heterocycles. The molecular formula is C13H14BrN3OS. The fourth-order valence-corrected chi connectivity index (χ4v) is 2.74. The Labute approximate surface area is 124 Å². The number of carbonyl (C=O) groups excluding carboxylic acids is 1. The van der Waals surface area contributed by atoms with E-state index in [0.29, 0.717) is 17.4 Å². The Morgan fingerprint density at radius 2 is 2.05 bits per heavy atom. The number of hydrogen-bond donors (Lipinski definition) is 0. The predicted molar refractivity (Wildman–Crippen MR) is 79.6 cm³/mol. The summed E-state index contributed by atoms with van der Waals surface area (Å²) in [5.41, 5.74) is 0.714. The van der Waals surface area contributed by atoms with Crippen molar-refractivity contribution in [2.45, 2.75) is 25.0 Å². The largest absolute Gasteiger partial charge is 0.306 e. The van der Waals surface area contributed by atoms with Crippen LogP contribution in [-0.4, -0.2) is 26.3 Å². The van der Waals surface area contributed by atoms with E-state index in [2.05, 4.69) is 40.0 Å². The third kappa shape index (κ3) is 3.67. The van der Waals surface area contributed by atoms with Crippen LogP contribution >= 0.6 is 27.7 Å². The van der Waals surface area contributed by atoms with Gasteiger partial charge in [0, 0.05) is 16.1 Å². The van der Waals surface area contributed by atoms with Gasteiger partial charge in [0.1, 0.15) is 6.33 Å². The smallest absolute Gasteiger partial charge is 0.191 e. The summed E-state index contributed by atoms with van der Waals surface area (Å²) in [5.74, 6) is 0.461. The Morgan fingerprint density at radius 1 is 1.37 bits per heavy atom. The number of hydrogen-bond acceptors (Lipinski definition) is 4. The minimum atomic E-state index is 0.0933. The Hall–Kier alpha value is -1.14.